The fourth-order valence-electron chi connectivity index (χ4n) is 1.55. The molecule has 0 aliphatic carbocycles. The van der Waals surface area contributed by atoms with Crippen molar-refractivity contribution in [3.8, 4) is 0 Å². The number of aromatic nitrogens is 2. The Labute approximate surface area is 103 Å². The van der Waals surface area contributed by atoms with E-state index in [1.165, 1.54) is 6.33 Å². The van der Waals surface area contributed by atoms with E-state index in [4.69, 9.17) is 23.2 Å². The lowest BCUT2D eigenvalue weighted by Crippen LogP contribution is -2.35. The Morgan fingerprint density at radius 1 is 1.50 bits per heavy atom. The van der Waals surface area contributed by atoms with E-state index in [-0.39, 0.29) is 27.9 Å². The predicted molar refractivity (Wildman–Crippen MR) is 61.7 cm³/mol. The third kappa shape index (κ3) is 2.42. The van der Waals surface area contributed by atoms with Crippen LogP contribution in [-0.4, -0.2) is 28.5 Å². The van der Waals surface area contributed by atoms with Crippen LogP contribution in [0.5, 0.6) is 0 Å². The molecule has 2 heterocycles. The van der Waals surface area contributed by atoms with E-state index >= 15 is 0 Å². The molecule has 0 aromatic carbocycles. The van der Waals surface area contributed by atoms with E-state index < -0.39 is 0 Å². The standard InChI is InChI=1S/C9H10Cl2N4O/c10-6-7(11)13-4-14-8(6)15-9(16)5-2-1-3-12-5/h4-5,12H,1-3H2,(H,13,14,15,16). The normalized spacial score (nSPS) is 19.8. The van der Waals surface area contributed by atoms with Gasteiger partial charge in [-0.25, -0.2) is 9.97 Å². The van der Waals surface area contributed by atoms with Crippen molar-refractivity contribution in [1.29, 1.82) is 0 Å². The molecule has 0 bridgehead atoms. The highest BCUT2D eigenvalue weighted by molar-refractivity contribution is 6.42. The largest absolute Gasteiger partial charge is 0.308 e. The molecule has 0 spiro atoms. The number of nitrogens with one attached hydrogen (secondary N) is 2. The lowest BCUT2D eigenvalue weighted by molar-refractivity contribution is -0.117. The van der Waals surface area contributed by atoms with Gasteiger partial charge in [0.25, 0.3) is 0 Å². The molecule has 1 aromatic rings. The van der Waals surface area contributed by atoms with Crippen LogP contribution in [0.3, 0.4) is 0 Å². The zero-order valence-electron chi connectivity index (χ0n) is 8.33. The number of hydrogen-bond donors (Lipinski definition) is 2. The maximum atomic E-state index is 11.7. The fourth-order valence-corrected chi connectivity index (χ4v) is 1.83. The summed E-state index contributed by atoms with van der Waals surface area (Å²) in [5.41, 5.74) is 0. The van der Waals surface area contributed by atoms with Crippen LogP contribution in [0.4, 0.5) is 5.82 Å². The molecule has 2 N–H and O–H groups in total. The Balaban J connectivity index is 2.08. The second kappa shape index (κ2) is 4.95. The molecule has 2 rings (SSSR count). The molecule has 0 saturated carbocycles. The van der Waals surface area contributed by atoms with Gasteiger partial charge in [-0.3, -0.25) is 4.79 Å². The minimum atomic E-state index is -0.176. The number of carbonyl (C=O) groups excluding carboxylic acids is 1. The lowest BCUT2D eigenvalue weighted by atomic mass is 10.2. The minimum absolute atomic E-state index is 0.131. The van der Waals surface area contributed by atoms with Crippen LogP contribution in [0, 0.1) is 0 Å². The third-order valence-electron chi connectivity index (χ3n) is 2.37. The molecule has 1 saturated heterocycles. The smallest absolute Gasteiger partial charge is 0.242 e. The highest BCUT2D eigenvalue weighted by atomic mass is 35.5. The Bertz CT molecular complexity index is 406. The SMILES string of the molecule is O=C(Nc1ncnc(Cl)c1Cl)C1CCCN1. The Morgan fingerprint density at radius 3 is 3.00 bits per heavy atom. The molecule has 1 aromatic heterocycles. The molecule has 1 amide bonds. The maximum absolute atomic E-state index is 11.7. The van der Waals surface area contributed by atoms with Crippen LogP contribution < -0.4 is 10.6 Å². The molecule has 1 fully saturated rings. The number of carbonyl (C=O) groups is 1. The summed E-state index contributed by atoms with van der Waals surface area (Å²) in [6.07, 6.45) is 3.07. The number of amides is 1. The van der Waals surface area contributed by atoms with Gasteiger partial charge in [0, 0.05) is 0 Å². The second-order valence-electron chi connectivity index (χ2n) is 3.47. The van der Waals surface area contributed by atoms with E-state index in [0.717, 1.165) is 19.4 Å². The van der Waals surface area contributed by atoms with Gasteiger partial charge in [0.2, 0.25) is 5.91 Å². The van der Waals surface area contributed by atoms with Gasteiger partial charge in [-0.1, -0.05) is 23.2 Å². The Morgan fingerprint density at radius 2 is 2.31 bits per heavy atom. The average Bonchev–Trinajstić information content (AvgIpc) is 2.78. The van der Waals surface area contributed by atoms with Gasteiger partial charge in [-0.15, -0.1) is 0 Å². The summed E-state index contributed by atoms with van der Waals surface area (Å²) in [5.74, 6) is 0.106. The summed E-state index contributed by atoms with van der Waals surface area (Å²) in [6.45, 7) is 0.857. The first kappa shape index (κ1) is 11.6. The van der Waals surface area contributed by atoms with E-state index in [9.17, 15) is 4.79 Å². The number of hydrogen-bond acceptors (Lipinski definition) is 4. The van der Waals surface area contributed by atoms with Crippen molar-refractivity contribution in [2.45, 2.75) is 18.9 Å². The summed E-state index contributed by atoms with van der Waals surface area (Å²) < 4.78 is 0. The molecular weight excluding hydrogens is 251 g/mol. The van der Waals surface area contributed by atoms with Crippen LogP contribution in [0.2, 0.25) is 10.2 Å². The molecule has 16 heavy (non-hydrogen) atoms. The van der Waals surface area contributed by atoms with Crippen molar-refractivity contribution in [2.75, 3.05) is 11.9 Å². The Hall–Kier alpha value is -0.910. The fraction of sp³-hybridized carbons (Fsp3) is 0.444. The molecular formula is C9H10Cl2N4O. The monoisotopic (exact) mass is 260 g/mol. The second-order valence-corrected chi connectivity index (χ2v) is 4.20. The number of rotatable bonds is 2. The van der Waals surface area contributed by atoms with Gasteiger partial charge in [0.1, 0.15) is 11.3 Å². The quantitative estimate of drug-likeness (QED) is 0.791. The summed E-state index contributed by atoms with van der Waals surface area (Å²) in [6, 6.07) is -0.176. The predicted octanol–water partition coefficient (Wildman–Crippen LogP) is 1.47. The summed E-state index contributed by atoms with van der Waals surface area (Å²) in [5, 5.41) is 6.00. The van der Waals surface area contributed by atoms with Gasteiger partial charge in [0.15, 0.2) is 11.0 Å². The van der Waals surface area contributed by atoms with E-state index in [1.807, 2.05) is 0 Å². The summed E-state index contributed by atoms with van der Waals surface area (Å²) in [4.78, 5) is 19.3. The van der Waals surface area contributed by atoms with Crippen molar-refractivity contribution < 1.29 is 4.79 Å². The molecule has 0 radical (unpaired) electrons. The van der Waals surface area contributed by atoms with Crippen molar-refractivity contribution in [1.82, 2.24) is 15.3 Å². The molecule has 1 aliphatic heterocycles. The van der Waals surface area contributed by atoms with Gasteiger partial charge in [-0.2, -0.15) is 0 Å². The van der Waals surface area contributed by atoms with Crippen LogP contribution in [0.25, 0.3) is 0 Å². The average molecular weight is 261 g/mol. The number of halogens is 2. The molecule has 5 nitrogen and oxygen atoms in total. The molecule has 7 heteroatoms. The minimum Gasteiger partial charge on any atom is -0.308 e. The topological polar surface area (TPSA) is 66.9 Å². The van der Waals surface area contributed by atoms with Crippen LogP contribution >= 0.6 is 23.2 Å². The summed E-state index contributed by atoms with van der Waals surface area (Å²) in [7, 11) is 0. The van der Waals surface area contributed by atoms with E-state index in [2.05, 4.69) is 20.6 Å². The Kier molecular flexibility index (Phi) is 3.58. The molecule has 1 aliphatic rings. The zero-order valence-corrected chi connectivity index (χ0v) is 9.85. The molecule has 86 valence electrons. The van der Waals surface area contributed by atoms with Crippen LogP contribution in [-0.2, 0) is 4.79 Å². The van der Waals surface area contributed by atoms with Crippen molar-refractivity contribution >= 4 is 34.9 Å². The number of nitrogens with zero attached hydrogens (tertiary/aromatic N) is 2. The van der Waals surface area contributed by atoms with Gasteiger partial charge in [0.05, 0.1) is 6.04 Å². The van der Waals surface area contributed by atoms with Crippen molar-refractivity contribution in [3.63, 3.8) is 0 Å². The van der Waals surface area contributed by atoms with Gasteiger partial charge < -0.3 is 10.6 Å². The maximum Gasteiger partial charge on any atom is 0.242 e. The van der Waals surface area contributed by atoms with E-state index in [0.29, 0.717) is 0 Å². The van der Waals surface area contributed by atoms with Crippen molar-refractivity contribution in [3.05, 3.63) is 16.5 Å². The third-order valence-corrected chi connectivity index (χ3v) is 3.11. The summed E-state index contributed by atoms with van der Waals surface area (Å²) >= 11 is 11.6. The highest BCUT2D eigenvalue weighted by Gasteiger charge is 2.23. The molecule has 1 unspecified atom stereocenters. The first-order chi connectivity index (χ1) is 7.68. The van der Waals surface area contributed by atoms with Gasteiger partial charge >= 0.3 is 0 Å². The van der Waals surface area contributed by atoms with Crippen LogP contribution in [0.1, 0.15) is 12.8 Å². The first-order valence-electron chi connectivity index (χ1n) is 4.88. The van der Waals surface area contributed by atoms with E-state index in [1.54, 1.807) is 0 Å². The van der Waals surface area contributed by atoms with Crippen LogP contribution in [0.15, 0.2) is 6.33 Å². The highest BCUT2D eigenvalue weighted by Crippen LogP contribution is 2.25. The lowest BCUT2D eigenvalue weighted by Gasteiger charge is -2.11. The van der Waals surface area contributed by atoms with Crippen molar-refractivity contribution in [2.24, 2.45) is 0 Å². The molecule has 1 atom stereocenters. The zero-order chi connectivity index (χ0) is 11.5. The number of anilines is 1. The van der Waals surface area contributed by atoms with Gasteiger partial charge in [-0.05, 0) is 19.4 Å². The first-order valence-corrected chi connectivity index (χ1v) is 5.64.